The molecule has 1 unspecified atom stereocenters. The number of hydrogen-bond donors (Lipinski definition) is 1. The van der Waals surface area contributed by atoms with E-state index in [1.54, 1.807) is 11.3 Å². The molecule has 140 valence electrons. The van der Waals surface area contributed by atoms with E-state index in [0.717, 1.165) is 49.5 Å². The number of nitrogens with zero attached hydrogens (tertiary/aromatic N) is 2. The monoisotopic (exact) mass is 405 g/mol. The summed E-state index contributed by atoms with van der Waals surface area (Å²) in [6.07, 6.45) is 2.32. The summed E-state index contributed by atoms with van der Waals surface area (Å²) in [7, 11) is 0. The summed E-state index contributed by atoms with van der Waals surface area (Å²) in [6, 6.07) is 2.29. The Labute approximate surface area is 165 Å². The predicted molar refractivity (Wildman–Crippen MR) is 106 cm³/mol. The van der Waals surface area contributed by atoms with Crippen LogP contribution in [0.2, 0.25) is 0 Å². The molecule has 3 rings (SSSR count). The van der Waals surface area contributed by atoms with Crippen molar-refractivity contribution in [2.45, 2.75) is 39.2 Å². The first-order valence-electron chi connectivity index (χ1n) is 8.18. The van der Waals surface area contributed by atoms with Gasteiger partial charge in [0.15, 0.2) is 0 Å². The fraction of sp³-hybridized carbons (Fsp3) is 0.529. The Kier molecular flexibility index (Phi) is 8.93. The molecule has 0 bridgehead atoms. The van der Waals surface area contributed by atoms with E-state index >= 15 is 0 Å². The highest BCUT2D eigenvalue weighted by Crippen LogP contribution is 2.24. The van der Waals surface area contributed by atoms with Gasteiger partial charge in [0.05, 0.1) is 12.1 Å². The van der Waals surface area contributed by atoms with Crippen LogP contribution >= 0.6 is 36.2 Å². The van der Waals surface area contributed by atoms with Crippen LogP contribution in [0.4, 0.5) is 0 Å². The zero-order chi connectivity index (χ0) is 16.2. The minimum atomic E-state index is 0. The van der Waals surface area contributed by atoms with Gasteiger partial charge in [-0.1, -0.05) is 6.92 Å². The molecule has 0 aliphatic carbocycles. The maximum Gasteiger partial charge on any atom is 0.229 e. The smallest absolute Gasteiger partial charge is 0.229 e. The highest BCUT2D eigenvalue weighted by molar-refractivity contribution is 7.08. The molecule has 0 radical (unpaired) electrons. The summed E-state index contributed by atoms with van der Waals surface area (Å²) >= 11 is 1.61. The SMILES string of the molecule is CCCN(C(=O)Cc1nc(-c2ccsc2)oc1C)C1CCNC1.Cl.Cl. The second-order valence-corrected chi connectivity index (χ2v) is 6.72. The van der Waals surface area contributed by atoms with Gasteiger partial charge < -0.3 is 14.6 Å². The van der Waals surface area contributed by atoms with Gasteiger partial charge in [0, 0.05) is 30.1 Å². The standard InChI is InChI=1S/C17H23N3O2S.2ClH/c1-3-7-20(14-4-6-18-10-14)16(21)9-15-12(2)22-17(19-15)13-5-8-23-11-13;;/h5,8,11,14,18H,3-4,6-7,9-10H2,1-2H3;2*1H. The van der Waals surface area contributed by atoms with Gasteiger partial charge in [-0.2, -0.15) is 11.3 Å². The van der Waals surface area contributed by atoms with Gasteiger partial charge in [-0.05, 0) is 37.8 Å². The predicted octanol–water partition coefficient (Wildman–Crippen LogP) is 3.70. The summed E-state index contributed by atoms with van der Waals surface area (Å²) < 4.78 is 5.74. The average Bonchev–Trinajstić information content (AvgIpc) is 3.27. The molecular weight excluding hydrogens is 381 g/mol. The lowest BCUT2D eigenvalue weighted by Gasteiger charge is -2.28. The number of nitrogens with one attached hydrogen (secondary N) is 1. The van der Waals surface area contributed by atoms with Crippen LogP contribution in [0.1, 0.15) is 31.2 Å². The second-order valence-electron chi connectivity index (χ2n) is 5.94. The summed E-state index contributed by atoms with van der Waals surface area (Å²) in [5, 5.41) is 7.34. The molecule has 1 saturated heterocycles. The van der Waals surface area contributed by atoms with E-state index in [0.29, 0.717) is 18.4 Å². The first-order valence-corrected chi connectivity index (χ1v) is 9.12. The number of carbonyl (C=O) groups is 1. The van der Waals surface area contributed by atoms with Gasteiger partial charge in [0.1, 0.15) is 5.76 Å². The fourth-order valence-corrected chi connectivity index (χ4v) is 3.63. The number of halogens is 2. The summed E-state index contributed by atoms with van der Waals surface area (Å²) in [6.45, 7) is 6.68. The molecule has 1 fully saturated rings. The second kappa shape index (κ2) is 10.2. The summed E-state index contributed by atoms with van der Waals surface area (Å²) in [5.41, 5.74) is 1.73. The van der Waals surface area contributed by atoms with Crippen molar-refractivity contribution in [1.29, 1.82) is 0 Å². The van der Waals surface area contributed by atoms with Crippen LogP contribution in [-0.4, -0.2) is 41.5 Å². The number of rotatable bonds is 6. The Morgan fingerprint density at radius 1 is 1.48 bits per heavy atom. The topological polar surface area (TPSA) is 58.4 Å². The molecule has 0 spiro atoms. The number of aromatic nitrogens is 1. The lowest BCUT2D eigenvalue weighted by atomic mass is 10.1. The first-order chi connectivity index (χ1) is 11.2. The quantitative estimate of drug-likeness (QED) is 0.795. The summed E-state index contributed by atoms with van der Waals surface area (Å²) in [4.78, 5) is 19.3. The van der Waals surface area contributed by atoms with Crippen molar-refractivity contribution in [2.24, 2.45) is 0 Å². The van der Waals surface area contributed by atoms with Crippen LogP contribution in [0, 0.1) is 6.92 Å². The highest BCUT2D eigenvalue weighted by Gasteiger charge is 2.27. The number of oxazole rings is 1. The van der Waals surface area contributed by atoms with E-state index < -0.39 is 0 Å². The maximum absolute atomic E-state index is 12.8. The number of aryl methyl sites for hydroxylation is 1. The molecule has 2 aromatic heterocycles. The third kappa shape index (κ3) is 5.20. The van der Waals surface area contributed by atoms with E-state index in [1.165, 1.54) is 0 Å². The van der Waals surface area contributed by atoms with E-state index in [1.807, 2.05) is 28.7 Å². The molecule has 3 heterocycles. The average molecular weight is 406 g/mol. The summed E-state index contributed by atoms with van der Waals surface area (Å²) in [5.74, 6) is 1.49. The molecule has 0 saturated carbocycles. The van der Waals surface area contributed by atoms with E-state index in [4.69, 9.17) is 4.42 Å². The minimum absolute atomic E-state index is 0. The Morgan fingerprint density at radius 2 is 2.28 bits per heavy atom. The minimum Gasteiger partial charge on any atom is -0.441 e. The van der Waals surface area contributed by atoms with Gasteiger partial charge in [-0.25, -0.2) is 4.98 Å². The van der Waals surface area contributed by atoms with Crippen LogP contribution in [0.5, 0.6) is 0 Å². The van der Waals surface area contributed by atoms with Crippen molar-refractivity contribution in [3.05, 3.63) is 28.3 Å². The van der Waals surface area contributed by atoms with E-state index in [-0.39, 0.29) is 30.7 Å². The first kappa shape index (κ1) is 22.0. The van der Waals surface area contributed by atoms with Crippen LogP contribution in [0.15, 0.2) is 21.2 Å². The van der Waals surface area contributed by atoms with Crippen LogP contribution in [0.25, 0.3) is 11.5 Å². The van der Waals surface area contributed by atoms with Gasteiger partial charge in [-0.3, -0.25) is 4.79 Å². The van der Waals surface area contributed by atoms with Crippen molar-refractivity contribution in [1.82, 2.24) is 15.2 Å². The fourth-order valence-electron chi connectivity index (χ4n) is 3.00. The van der Waals surface area contributed by atoms with E-state index in [9.17, 15) is 4.79 Å². The zero-order valence-electron chi connectivity index (χ0n) is 14.5. The Balaban J connectivity index is 0.00000156. The number of hydrogen-bond acceptors (Lipinski definition) is 5. The van der Waals surface area contributed by atoms with Gasteiger partial charge in [0.25, 0.3) is 0 Å². The number of thiophene rings is 1. The van der Waals surface area contributed by atoms with E-state index in [2.05, 4.69) is 17.2 Å². The largest absolute Gasteiger partial charge is 0.441 e. The van der Waals surface area contributed by atoms with Crippen molar-refractivity contribution >= 4 is 42.1 Å². The molecule has 25 heavy (non-hydrogen) atoms. The lowest BCUT2D eigenvalue weighted by Crippen LogP contribution is -2.43. The number of carbonyl (C=O) groups excluding carboxylic acids is 1. The molecule has 5 nitrogen and oxygen atoms in total. The molecule has 1 amide bonds. The lowest BCUT2D eigenvalue weighted by molar-refractivity contribution is -0.132. The maximum atomic E-state index is 12.8. The van der Waals surface area contributed by atoms with Crippen molar-refractivity contribution < 1.29 is 9.21 Å². The normalized spacial score (nSPS) is 16.2. The molecule has 0 aromatic carbocycles. The molecule has 1 N–H and O–H groups in total. The van der Waals surface area contributed by atoms with Crippen LogP contribution in [-0.2, 0) is 11.2 Å². The number of amides is 1. The van der Waals surface area contributed by atoms with Crippen LogP contribution < -0.4 is 5.32 Å². The van der Waals surface area contributed by atoms with Crippen molar-refractivity contribution in [3.8, 4) is 11.5 Å². The Hall–Kier alpha value is -1.08. The van der Waals surface area contributed by atoms with Crippen LogP contribution in [0.3, 0.4) is 0 Å². The Bertz CT molecular complexity index is 655. The van der Waals surface area contributed by atoms with Gasteiger partial charge in [0.2, 0.25) is 11.8 Å². The molecular formula is C17H25Cl2N3O2S. The van der Waals surface area contributed by atoms with Crippen molar-refractivity contribution in [2.75, 3.05) is 19.6 Å². The van der Waals surface area contributed by atoms with Gasteiger partial charge >= 0.3 is 0 Å². The van der Waals surface area contributed by atoms with Gasteiger partial charge in [-0.15, -0.1) is 24.8 Å². The Morgan fingerprint density at radius 3 is 2.88 bits per heavy atom. The molecule has 1 aliphatic heterocycles. The third-order valence-corrected chi connectivity index (χ3v) is 4.92. The molecule has 8 heteroatoms. The van der Waals surface area contributed by atoms with Crippen molar-refractivity contribution in [3.63, 3.8) is 0 Å². The molecule has 1 aliphatic rings. The third-order valence-electron chi connectivity index (χ3n) is 4.24. The molecule has 1 atom stereocenters. The molecule has 2 aromatic rings. The zero-order valence-corrected chi connectivity index (χ0v) is 16.9. The highest BCUT2D eigenvalue weighted by atomic mass is 35.5.